The van der Waals surface area contributed by atoms with E-state index in [1.54, 1.807) is 20.9 Å². The Kier molecular flexibility index (Phi) is 28.0. The van der Waals surface area contributed by atoms with E-state index in [-0.39, 0.29) is 44.2 Å². The zero-order valence-electron chi connectivity index (χ0n) is 62.3. The summed E-state index contributed by atoms with van der Waals surface area (Å²) < 4.78 is 3.16. The van der Waals surface area contributed by atoms with Crippen molar-refractivity contribution in [3.05, 3.63) is 125 Å². The Balaban J connectivity index is 0.890. The molecule has 11 rings (SSSR count). The summed E-state index contributed by atoms with van der Waals surface area (Å²) in [5.41, 5.74) is 2.33. The van der Waals surface area contributed by atoms with E-state index in [9.17, 15) is 20.2 Å². The normalized spacial score (nSPS) is 12.1. The summed E-state index contributed by atoms with van der Waals surface area (Å²) in [5, 5.41) is 35.4. The van der Waals surface area contributed by atoms with Crippen LogP contribution in [0.25, 0.3) is 98.0 Å². The van der Waals surface area contributed by atoms with E-state index in [1.165, 1.54) is 243 Å². The predicted octanol–water partition coefficient (Wildman–Crippen LogP) is 26.2. The zero-order chi connectivity index (χ0) is 71.2. The summed E-state index contributed by atoms with van der Waals surface area (Å²) in [7, 11) is 0. The fourth-order valence-corrected chi connectivity index (χ4v) is 16.8. The number of nitro groups is 2. The molecule has 0 aliphatic rings. The van der Waals surface area contributed by atoms with Crippen LogP contribution >= 0.6 is 0 Å². The van der Waals surface area contributed by atoms with E-state index < -0.39 is 0 Å². The van der Waals surface area contributed by atoms with Crippen LogP contribution in [0.3, 0.4) is 0 Å². The fourth-order valence-electron chi connectivity index (χ4n) is 16.8. The molecule has 0 saturated heterocycles. The molecule has 11 aromatic rings. The quantitative estimate of drug-likeness (QED) is 0.00912. The van der Waals surface area contributed by atoms with Crippen LogP contribution < -0.4 is 11.1 Å². The number of imidazole rings is 2. The van der Waals surface area contributed by atoms with Gasteiger partial charge >= 0.3 is 0 Å². The van der Waals surface area contributed by atoms with Crippen molar-refractivity contribution in [2.45, 2.75) is 310 Å². The van der Waals surface area contributed by atoms with Crippen molar-refractivity contribution in [1.29, 1.82) is 0 Å². The smallest absolute Gasteiger partial charge is 0.268 e. The van der Waals surface area contributed by atoms with Crippen molar-refractivity contribution >= 4 is 109 Å². The van der Waals surface area contributed by atoms with Crippen LogP contribution in [0.2, 0.25) is 0 Å². The van der Waals surface area contributed by atoms with Crippen LogP contribution in [0.5, 0.6) is 0 Å². The predicted molar refractivity (Wildman–Crippen MR) is 430 cm³/mol. The third kappa shape index (κ3) is 18.0. The molecule has 12 heteroatoms. The summed E-state index contributed by atoms with van der Waals surface area (Å²) >= 11 is 0. The first-order valence-corrected chi connectivity index (χ1v) is 40.8. The fraction of sp³-hybridized carbons (Fsp3) is 0.556. The van der Waals surface area contributed by atoms with Gasteiger partial charge in [-0.1, -0.05) is 332 Å². The van der Waals surface area contributed by atoms with Crippen LogP contribution in [0.4, 0.5) is 11.4 Å². The minimum atomic E-state index is -0.376. The summed E-state index contributed by atoms with van der Waals surface area (Å²) in [6.45, 7) is 9.05. The molecule has 12 nitrogen and oxygen atoms in total. The molecule has 0 fully saturated rings. The number of nitro benzene ring substituents is 2. The number of nitrogens with zero attached hydrogens (tertiary/aromatic N) is 6. The third-order valence-electron chi connectivity index (χ3n) is 22.6. The highest BCUT2D eigenvalue weighted by molar-refractivity contribution is 6.40. The second-order valence-electron chi connectivity index (χ2n) is 30.3. The van der Waals surface area contributed by atoms with Gasteiger partial charge in [0.25, 0.3) is 22.5 Å². The number of hydrogen-bond donors (Lipinski definition) is 0. The van der Waals surface area contributed by atoms with Gasteiger partial charge in [-0.2, -0.15) is 0 Å². The van der Waals surface area contributed by atoms with Crippen LogP contribution in [0.1, 0.15) is 321 Å². The van der Waals surface area contributed by atoms with E-state index in [0.29, 0.717) is 55.3 Å². The van der Waals surface area contributed by atoms with Gasteiger partial charge in [0, 0.05) is 56.3 Å². The van der Waals surface area contributed by atoms with Crippen LogP contribution in [-0.2, 0) is 0 Å². The monoisotopic (exact) mass is 1370 g/mol. The molecular formula is C90H114N6O6. The van der Waals surface area contributed by atoms with Gasteiger partial charge in [-0.3, -0.25) is 38.6 Å². The lowest BCUT2D eigenvalue weighted by Gasteiger charge is -2.18. The van der Waals surface area contributed by atoms with Crippen LogP contribution in [0.15, 0.2) is 82.4 Å². The topological polar surface area (TPSA) is 155 Å². The Morgan fingerprint density at radius 2 is 0.588 bits per heavy atom. The molecule has 0 saturated carbocycles. The lowest BCUT2D eigenvalue weighted by molar-refractivity contribution is -0.385. The van der Waals surface area contributed by atoms with E-state index in [0.717, 1.165) is 105 Å². The van der Waals surface area contributed by atoms with Crippen molar-refractivity contribution < 1.29 is 9.85 Å². The minimum Gasteiger partial charge on any atom is -0.268 e. The lowest BCUT2D eigenvalue weighted by Crippen LogP contribution is -2.14. The number of fused-ring (bicyclic) bond motifs is 10. The Morgan fingerprint density at radius 1 is 0.333 bits per heavy atom. The Hall–Kier alpha value is -7.96. The molecule has 0 atom stereocenters. The molecule has 4 aromatic heterocycles. The van der Waals surface area contributed by atoms with Crippen molar-refractivity contribution in [2.24, 2.45) is 11.8 Å². The van der Waals surface area contributed by atoms with Gasteiger partial charge in [-0.15, -0.1) is 0 Å². The van der Waals surface area contributed by atoms with E-state index in [1.807, 2.05) is 36.4 Å². The molecule has 0 bridgehead atoms. The largest absolute Gasteiger partial charge is 0.287 e. The zero-order valence-corrected chi connectivity index (χ0v) is 62.3. The molecule has 0 spiro atoms. The first-order valence-electron chi connectivity index (χ1n) is 40.8. The number of aromatic nitrogens is 4. The van der Waals surface area contributed by atoms with E-state index in [2.05, 4.69) is 63.5 Å². The van der Waals surface area contributed by atoms with Gasteiger partial charge in [0.2, 0.25) is 0 Å². The van der Waals surface area contributed by atoms with Gasteiger partial charge in [0.1, 0.15) is 22.4 Å². The molecule has 0 unspecified atom stereocenters. The molecule has 0 amide bonds. The van der Waals surface area contributed by atoms with E-state index >= 15 is 9.59 Å². The molecule has 0 radical (unpaired) electrons. The molecule has 0 N–H and O–H groups in total. The second-order valence-corrected chi connectivity index (χ2v) is 30.3. The Bertz CT molecular complexity index is 4720. The van der Waals surface area contributed by atoms with Crippen LogP contribution in [0, 0.1) is 55.7 Å². The molecule has 7 aromatic carbocycles. The van der Waals surface area contributed by atoms with Crippen molar-refractivity contribution in [1.82, 2.24) is 18.8 Å². The maximum absolute atomic E-state index is 15.2. The maximum atomic E-state index is 15.2. The third-order valence-corrected chi connectivity index (χ3v) is 22.6. The molecule has 0 aliphatic carbocycles. The summed E-state index contributed by atoms with van der Waals surface area (Å²) in [5.74, 6) is 14.0. The minimum absolute atomic E-state index is 0.113. The van der Waals surface area contributed by atoms with Crippen molar-refractivity contribution in [3.63, 3.8) is 0 Å². The summed E-state index contributed by atoms with van der Waals surface area (Å²) in [4.78, 5) is 65.9. The van der Waals surface area contributed by atoms with Gasteiger partial charge in [-0.25, -0.2) is 9.97 Å². The average molecular weight is 1380 g/mol. The molecule has 540 valence electrons. The molecule has 4 heterocycles. The number of hydrogen-bond acceptors (Lipinski definition) is 8. The highest BCUT2D eigenvalue weighted by Gasteiger charge is 2.27. The average Bonchev–Trinajstić information content (AvgIpc) is 1.21. The Morgan fingerprint density at radius 3 is 0.912 bits per heavy atom. The lowest BCUT2D eigenvalue weighted by atomic mass is 9.86. The van der Waals surface area contributed by atoms with Gasteiger partial charge in [0.15, 0.2) is 0 Å². The number of benzene rings is 7. The standard InChI is InChI=1S/C90H114N6O6/c1-5-9-13-17-21-25-29-33-37-41-45-65(46-42-38-34-30-26-22-18-14-10-6-2)49-51-67-61-77-82(64-80(67)96(101)102)94-87(91-77)73-57-53-69-71-55-59-75-86-74(58-54-70(84(71)86)72-56-60-76(90(94)98)85(73)83(69)72)88-92-78-63-79(95(99)100)68(62-81(78)93(88)89(75)97)52-50-66(47-43-39-35-31-27-23-19-15-11-7-3)48-44-40-36-32-28-24-20-16-12-8-4/h53-66H,5-48H2,1-4H3. The van der Waals surface area contributed by atoms with Crippen molar-refractivity contribution in [3.8, 4) is 23.7 Å². The molecular weight excluding hydrogens is 1260 g/mol. The first kappa shape index (κ1) is 75.2. The SMILES string of the molecule is CCCCCCCCCCCCC(C#Cc1cc2c(cc1[N+](=O)[O-])nc1c3ccc4c5ccc6c(=O)n7c8cc([N+](=O)[O-])c(C#CC(CCCCCCCCCCCC)CCCCCCCCCCCC)cc8nc7c7ccc(c8ccc(c(=O)n21)c3c48)c5c67)CCCCCCCCCCCC. The highest BCUT2D eigenvalue weighted by atomic mass is 16.6. The summed E-state index contributed by atoms with van der Waals surface area (Å²) in [6.07, 6.45) is 54.4. The number of unbranched alkanes of at least 4 members (excludes halogenated alkanes) is 36. The van der Waals surface area contributed by atoms with Crippen LogP contribution in [-0.4, -0.2) is 28.6 Å². The van der Waals surface area contributed by atoms with Gasteiger partial charge < -0.3 is 0 Å². The van der Waals surface area contributed by atoms with Gasteiger partial charge in [0.05, 0.1) is 31.9 Å². The first-order chi connectivity index (χ1) is 50.1. The summed E-state index contributed by atoms with van der Waals surface area (Å²) in [6, 6.07) is 22.3. The molecule has 0 aliphatic heterocycles. The second kappa shape index (κ2) is 38.0. The van der Waals surface area contributed by atoms with Crippen molar-refractivity contribution in [2.75, 3.05) is 0 Å². The maximum Gasteiger partial charge on any atom is 0.287 e. The highest BCUT2D eigenvalue weighted by Crippen LogP contribution is 2.46. The Labute approximate surface area is 605 Å². The number of pyridine rings is 2. The molecule has 102 heavy (non-hydrogen) atoms. The van der Waals surface area contributed by atoms with Gasteiger partial charge in [-0.05, 0) is 94.4 Å². The van der Waals surface area contributed by atoms with E-state index in [4.69, 9.17) is 9.97 Å². The number of rotatable bonds is 46.